The maximum absolute atomic E-state index is 12.6. The average Bonchev–Trinajstić information content (AvgIpc) is 2.84. The van der Waals surface area contributed by atoms with Gasteiger partial charge in [-0.2, -0.15) is 5.10 Å². The Hall–Kier alpha value is -1.57. The number of aryl methyl sites for hydroxylation is 1. The van der Waals surface area contributed by atoms with Crippen molar-refractivity contribution < 1.29 is 14.3 Å². The molecule has 2 rings (SSSR count). The molecule has 0 spiro atoms. The van der Waals surface area contributed by atoms with Gasteiger partial charge in [-0.15, -0.1) is 0 Å². The Balaban J connectivity index is 1.85. The second kappa shape index (κ2) is 7.76. The van der Waals surface area contributed by atoms with Gasteiger partial charge in [0, 0.05) is 33.7 Å². The van der Waals surface area contributed by atoms with Gasteiger partial charge in [0.25, 0.3) is 5.91 Å². The average molecular weight is 415 g/mol. The molecule has 1 aliphatic rings. The van der Waals surface area contributed by atoms with Crippen molar-refractivity contribution in [3.63, 3.8) is 0 Å². The molecule has 0 N–H and O–H groups in total. The predicted molar refractivity (Wildman–Crippen MR) is 98.4 cm³/mol. The van der Waals surface area contributed by atoms with Gasteiger partial charge in [0.2, 0.25) is 0 Å². The largest absolute Gasteiger partial charge is 0.444 e. The van der Waals surface area contributed by atoms with Crippen molar-refractivity contribution in [3.05, 3.63) is 16.4 Å². The number of carbonyl (C=O) groups excluding carboxylic acids is 2. The Morgan fingerprint density at radius 3 is 2.44 bits per heavy atom. The van der Waals surface area contributed by atoms with Crippen LogP contribution in [0.5, 0.6) is 0 Å². The van der Waals surface area contributed by atoms with Crippen LogP contribution >= 0.6 is 15.9 Å². The maximum atomic E-state index is 12.6. The molecule has 8 heteroatoms. The Morgan fingerprint density at radius 1 is 1.36 bits per heavy atom. The Bertz CT molecular complexity index is 611. The van der Waals surface area contributed by atoms with Crippen molar-refractivity contribution in [1.82, 2.24) is 19.6 Å². The van der Waals surface area contributed by atoms with Crippen LogP contribution in [0.25, 0.3) is 0 Å². The van der Waals surface area contributed by atoms with E-state index in [1.165, 1.54) is 0 Å². The number of aromatic nitrogens is 2. The molecule has 0 bridgehead atoms. The van der Waals surface area contributed by atoms with Gasteiger partial charge in [-0.1, -0.05) is 0 Å². The molecular weight excluding hydrogens is 388 g/mol. The highest BCUT2D eigenvalue weighted by atomic mass is 79.9. The molecule has 1 aromatic rings. The second-order valence-corrected chi connectivity index (χ2v) is 8.42. The minimum atomic E-state index is -0.488. The van der Waals surface area contributed by atoms with E-state index in [0.717, 1.165) is 12.8 Å². The van der Waals surface area contributed by atoms with Crippen LogP contribution in [0.2, 0.25) is 0 Å². The van der Waals surface area contributed by atoms with E-state index in [2.05, 4.69) is 21.0 Å². The van der Waals surface area contributed by atoms with E-state index in [1.54, 1.807) is 29.9 Å². The van der Waals surface area contributed by atoms with Gasteiger partial charge < -0.3 is 14.5 Å². The van der Waals surface area contributed by atoms with Crippen LogP contribution < -0.4 is 0 Å². The van der Waals surface area contributed by atoms with Gasteiger partial charge in [0.1, 0.15) is 11.3 Å². The van der Waals surface area contributed by atoms with Gasteiger partial charge in [-0.3, -0.25) is 9.48 Å². The molecule has 2 amide bonds. The van der Waals surface area contributed by atoms with Gasteiger partial charge in [-0.05, 0) is 55.5 Å². The predicted octanol–water partition coefficient (Wildman–Crippen LogP) is 2.90. The third-order valence-electron chi connectivity index (χ3n) is 4.24. The molecule has 1 fully saturated rings. The molecule has 1 aromatic heterocycles. The van der Waals surface area contributed by atoms with Gasteiger partial charge >= 0.3 is 6.09 Å². The molecule has 1 aliphatic heterocycles. The minimum absolute atomic E-state index is 0.00850. The third-order valence-corrected chi connectivity index (χ3v) is 4.82. The highest BCUT2D eigenvalue weighted by molar-refractivity contribution is 9.10. The highest BCUT2D eigenvalue weighted by Gasteiger charge is 2.28. The van der Waals surface area contributed by atoms with E-state index in [0.29, 0.717) is 35.7 Å². The minimum Gasteiger partial charge on any atom is -0.444 e. The summed E-state index contributed by atoms with van der Waals surface area (Å²) in [5.41, 5.74) is 0.0850. The lowest BCUT2D eigenvalue weighted by Crippen LogP contribution is -2.43. The molecule has 1 saturated heterocycles. The summed E-state index contributed by atoms with van der Waals surface area (Å²) >= 11 is 3.38. The fourth-order valence-electron chi connectivity index (χ4n) is 2.92. The van der Waals surface area contributed by atoms with Crippen LogP contribution in [0.3, 0.4) is 0 Å². The van der Waals surface area contributed by atoms with E-state index in [1.807, 2.05) is 25.7 Å². The standard InChI is InChI=1S/C17H27BrN4O3/c1-17(2,3)25-16(24)20(4)11-12-6-8-22(9-7-12)15(23)14-13(18)10-19-21(14)5/h10,12H,6-9,11H2,1-5H3. The number of likely N-dealkylation sites (tertiary alicyclic amines) is 1. The molecular formula is C17H27BrN4O3. The van der Waals surface area contributed by atoms with Crippen molar-refractivity contribution in [2.24, 2.45) is 13.0 Å². The van der Waals surface area contributed by atoms with Crippen molar-refractivity contribution >= 4 is 27.9 Å². The topological polar surface area (TPSA) is 67.7 Å². The summed E-state index contributed by atoms with van der Waals surface area (Å²) in [4.78, 5) is 28.2. The molecule has 0 aliphatic carbocycles. The number of piperidine rings is 1. The summed E-state index contributed by atoms with van der Waals surface area (Å²) < 4.78 is 7.69. The smallest absolute Gasteiger partial charge is 0.410 e. The number of hydrogen-bond donors (Lipinski definition) is 0. The van der Waals surface area contributed by atoms with Crippen LogP contribution in [0.1, 0.15) is 44.1 Å². The van der Waals surface area contributed by atoms with Crippen LogP contribution in [-0.2, 0) is 11.8 Å². The highest BCUT2D eigenvalue weighted by Crippen LogP contribution is 2.23. The summed E-state index contributed by atoms with van der Waals surface area (Å²) in [5, 5.41) is 4.10. The van der Waals surface area contributed by atoms with Crippen molar-refractivity contribution in [2.75, 3.05) is 26.7 Å². The molecule has 7 nitrogen and oxygen atoms in total. The van der Waals surface area contributed by atoms with E-state index < -0.39 is 5.60 Å². The first-order valence-corrected chi connectivity index (χ1v) is 9.28. The molecule has 140 valence electrons. The third kappa shape index (κ3) is 5.20. The molecule has 0 aromatic carbocycles. The number of nitrogens with zero attached hydrogens (tertiary/aromatic N) is 4. The summed E-state index contributed by atoms with van der Waals surface area (Å²) in [6.45, 7) is 7.59. The molecule has 0 radical (unpaired) electrons. The SMILES string of the molecule is CN(CC1CCN(C(=O)c2c(Br)cnn2C)CC1)C(=O)OC(C)(C)C. The van der Waals surface area contributed by atoms with Crippen LogP contribution in [0, 0.1) is 5.92 Å². The molecule has 0 saturated carbocycles. The fourth-order valence-corrected chi connectivity index (χ4v) is 3.44. The lowest BCUT2D eigenvalue weighted by Gasteiger charge is -2.34. The number of amides is 2. The first kappa shape index (κ1) is 19.8. The number of hydrogen-bond acceptors (Lipinski definition) is 4. The quantitative estimate of drug-likeness (QED) is 0.762. The first-order chi connectivity index (χ1) is 11.6. The Labute approximate surface area is 157 Å². The van der Waals surface area contributed by atoms with Crippen LogP contribution in [-0.4, -0.2) is 63.9 Å². The Kier molecular flexibility index (Phi) is 6.13. The second-order valence-electron chi connectivity index (χ2n) is 7.56. The number of halogens is 1. The van der Waals surface area contributed by atoms with Gasteiger partial charge in [0.05, 0.1) is 10.7 Å². The maximum Gasteiger partial charge on any atom is 0.410 e. The lowest BCUT2D eigenvalue weighted by molar-refractivity contribution is 0.0245. The normalized spacial score (nSPS) is 16.0. The van der Waals surface area contributed by atoms with Crippen molar-refractivity contribution in [1.29, 1.82) is 0 Å². The summed E-state index contributed by atoms with van der Waals surface area (Å²) in [6, 6.07) is 0. The van der Waals surface area contributed by atoms with E-state index in [9.17, 15) is 9.59 Å². The summed E-state index contributed by atoms with van der Waals surface area (Å²) in [7, 11) is 3.53. The van der Waals surface area contributed by atoms with E-state index >= 15 is 0 Å². The zero-order valence-corrected chi connectivity index (χ0v) is 17.2. The van der Waals surface area contributed by atoms with Gasteiger partial charge in [0.15, 0.2) is 0 Å². The fraction of sp³-hybridized carbons (Fsp3) is 0.706. The first-order valence-electron chi connectivity index (χ1n) is 8.49. The van der Waals surface area contributed by atoms with E-state index in [-0.39, 0.29) is 12.0 Å². The van der Waals surface area contributed by atoms with Crippen molar-refractivity contribution in [3.8, 4) is 0 Å². The monoisotopic (exact) mass is 414 g/mol. The van der Waals surface area contributed by atoms with Gasteiger partial charge in [-0.25, -0.2) is 4.79 Å². The van der Waals surface area contributed by atoms with Crippen molar-refractivity contribution in [2.45, 2.75) is 39.2 Å². The molecule has 2 heterocycles. The lowest BCUT2D eigenvalue weighted by atomic mass is 9.96. The Morgan fingerprint density at radius 2 is 1.96 bits per heavy atom. The number of rotatable bonds is 3. The molecule has 0 unspecified atom stereocenters. The summed E-state index contributed by atoms with van der Waals surface area (Å²) in [6.07, 6.45) is 3.07. The molecule has 0 atom stereocenters. The summed E-state index contributed by atoms with van der Waals surface area (Å²) in [5.74, 6) is 0.363. The van der Waals surface area contributed by atoms with E-state index in [4.69, 9.17) is 4.74 Å². The zero-order valence-electron chi connectivity index (χ0n) is 15.6. The zero-order chi connectivity index (χ0) is 18.8. The number of carbonyl (C=O) groups is 2. The molecule has 25 heavy (non-hydrogen) atoms. The van der Waals surface area contributed by atoms with Crippen LogP contribution in [0.4, 0.5) is 4.79 Å². The van der Waals surface area contributed by atoms with Crippen LogP contribution in [0.15, 0.2) is 10.7 Å². The number of ether oxygens (including phenoxy) is 1.